The minimum Gasteiger partial charge on any atom is -0.207 e. The lowest BCUT2D eigenvalue weighted by Gasteiger charge is -1.97. The lowest BCUT2D eigenvalue weighted by atomic mass is 10.4. The molecule has 1 aromatic rings. The van der Waals surface area contributed by atoms with Crippen molar-refractivity contribution in [3.05, 3.63) is 24.3 Å². The van der Waals surface area contributed by atoms with Crippen LogP contribution in [0, 0.1) is 0 Å². The first kappa shape index (κ1) is 11.4. The third kappa shape index (κ3) is 2.66. The Labute approximate surface area is 85.0 Å². The Bertz CT molecular complexity index is 502. The van der Waals surface area contributed by atoms with Gasteiger partial charge in [0.05, 0.1) is 9.79 Å². The molecule has 1 rings (SSSR count). The molecule has 14 heavy (non-hydrogen) atoms. The van der Waals surface area contributed by atoms with Gasteiger partial charge in [-0.3, -0.25) is 0 Å². The van der Waals surface area contributed by atoms with Crippen molar-refractivity contribution in [2.24, 2.45) is 0 Å². The quantitative estimate of drug-likeness (QED) is 0.749. The molecule has 0 aliphatic heterocycles. The Balaban J connectivity index is 3.44. The molecule has 0 amide bonds. The highest BCUT2D eigenvalue weighted by atomic mass is 35.7. The first-order valence-electron chi connectivity index (χ1n) is 3.20. The van der Waals surface area contributed by atoms with Crippen LogP contribution in [0.2, 0.25) is 0 Å². The highest BCUT2D eigenvalue weighted by molar-refractivity contribution is 8.13. The van der Waals surface area contributed by atoms with Crippen molar-refractivity contribution >= 4 is 30.0 Å². The molecule has 0 spiro atoms. The molecule has 0 fully saturated rings. The van der Waals surface area contributed by atoms with E-state index >= 15 is 0 Å². The molecule has 0 bridgehead atoms. The summed E-state index contributed by atoms with van der Waals surface area (Å²) in [6, 6.07) is 3.73. The van der Waals surface area contributed by atoms with E-state index in [1.807, 2.05) is 0 Å². The number of benzene rings is 1. The summed E-state index contributed by atoms with van der Waals surface area (Å²) in [5.74, 6) is 0. The van der Waals surface area contributed by atoms with Crippen LogP contribution in [0.4, 0.5) is 3.89 Å². The number of hydrogen-bond acceptors (Lipinski definition) is 4. The van der Waals surface area contributed by atoms with Gasteiger partial charge in [0.25, 0.3) is 9.05 Å². The maximum atomic E-state index is 12.4. The van der Waals surface area contributed by atoms with E-state index in [0.717, 1.165) is 18.2 Å². The van der Waals surface area contributed by atoms with Gasteiger partial charge in [-0.15, -0.1) is 3.89 Å². The molecule has 4 nitrogen and oxygen atoms in total. The summed E-state index contributed by atoms with van der Waals surface area (Å²) in [6.45, 7) is 0. The van der Waals surface area contributed by atoms with Crippen molar-refractivity contribution in [1.29, 1.82) is 0 Å². The van der Waals surface area contributed by atoms with Gasteiger partial charge in [0.15, 0.2) is 0 Å². The second-order valence-electron chi connectivity index (χ2n) is 2.35. The molecule has 0 heterocycles. The maximum Gasteiger partial charge on any atom is 0.332 e. The smallest absolute Gasteiger partial charge is 0.207 e. The van der Waals surface area contributed by atoms with Crippen molar-refractivity contribution in [2.75, 3.05) is 0 Å². The third-order valence-corrected chi connectivity index (χ3v) is 3.54. The van der Waals surface area contributed by atoms with Crippen molar-refractivity contribution < 1.29 is 20.7 Å². The molecule has 0 N–H and O–H groups in total. The van der Waals surface area contributed by atoms with Gasteiger partial charge in [-0.25, -0.2) is 8.42 Å². The normalized spacial score (nSPS) is 12.7. The van der Waals surface area contributed by atoms with Gasteiger partial charge in [-0.1, -0.05) is 6.07 Å². The fourth-order valence-electron chi connectivity index (χ4n) is 0.778. The van der Waals surface area contributed by atoms with E-state index in [1.54, 1.807) is 0 Å². The average molecular weight is 259 g/mol. The number of hydrogen-bond donors (Lipinski definition) is 0. The predicted molar refractivity (Wildman–Crippen MR) is 47.8 cm³/mol. The zero-order valence-electron chi connectivity index (χ0n) is 6.51. The van der Waals surface area contributed by atoms with Crippen LogP contribution in [0.5, 0.6) is 0 Å². The fraction of sp³-hybridized carbons (Fsp3) is 0. The fourth-order valence-corrected chi connectivity index (χ4v) is 2.16. The van der Waals surface area contributed by atoms with Crippen molar-refractivity contribution in [1.82, 2.24) is 0 Å². The first-order valence-corrected chi connectivity index (χ1v) is 6.90. The monoisotopic (exact) mass is 258 g/mol. The highest BCUT2D eigenvalue weighted by Gasteiger charge is 2.16. The number of halogens is 2. The first-order chi connectivity index (χ1) is 6.21. The average Bonchev–Trinajstić information content (AvgIpc) is 2.01. The minimum atomic E-state index is -4.91. The standard InChI is InChI=1S/C6H4ClFO4S2/c7-13(9,10)5-2-1-3-6(4-5)14(8,11)12/h1-4H. The van der Waals surface area contributed by atoms with E-state index in [0.29, 0.717) is 6.07 Å². The molecule has 0 aromatic heterocycles. The minimum absolute atomic E-state index is 0.460. The zero-order chi connectivity index (χ0) is 11.0. The summed E-state index contributed by atoms with van der Waals surface area (Å²) in [5.41, 5.74) is 0. The highest BCUT2D eigenvalue weighted by Crippen LogP contribution is 2.19. The van der Waals surface area contributed by atoms with Crippen molar-refractivity contribution in [3.8, 4) is 0 Å². The van der Waals surface area contributed by atoms with Crippen LogP contribution in [-0.2, 0) is 19.3 Å². The Morgan fingerprint density at radius 2 is 1.57 bits per heavy atom. The molecule has 0 saturated heterocycles. The van der Waals surface area contributed by atoms with Gasteiger partial charge in [0.2, 0.25) is 0 Å². The summed E-state index contributed by atoms with van der Waals surface area (Å²) >= 11 is 0. The third-order valence-electron chi connectivity index (χ3n) is 1.37. The predicted octanol–water partition coefficient (Wildman–Crippen LogP) is 1.27. The molecule has 0 atom stereocenters. The second kappa shape index (κ2) is 3.48. The molecule has 0 aliphatic carbocycles. The Kier molecular flexibility index (Phi) is 2.84. The van der Waals surface area contributed by atoms with Crippen LogP contribution < -0.4 is 0 Å². The molecule has 0 radical (unpaired) electrons. The van der Waals surface area contributed by atoms with Gasteiger partial charge in [0, 0.05) is 10.7 Å². The zero-order valence-corrected chi connectivity index (χ0v) is 8.90. The van der Waals surface area contributed by atoms with Crippen LogP contribution in [0.1, 0.15) is 0 Å². The second-order valence-corrected chi connectivity index (χ2v) is 6.26. The summed E-state index contributed by atoms with van der Waals surface area (Å²) in [7, 11) is -4.02. The van der Waals surface area contributed by atoms with E-state index in [9.17, 15) is 20.7 Å². The summed E-state index contributed by atoms with van der Waals surface area (Å²) < 4.78 is 54.8. The SMILES string of the molecule is O=S(=O)(F)c1cccc(S(=O)(=O)Cl)c1. The number of rotatable bonds is 2. The molecule has 8 heteroatoms. The van der Waals surface area contributed by atoms with Crippen LogP contribution in [0.3, 0.4) is 0 Å². The van der Waals surface area contributed by atoms with E-state index in [2.05, 4.69) is 0 Å². The lowest BCUT2D eigenvalue weighted by molar-refractivity contribution is 0.552. The van der Waals surface area contributed by atoms with Gasteiger partial charge >= 0.3 is 10.2 Å². The van der Waals surface area contributed by atoms with Crippen LogP contribution >= 0.6 is 10.7 Å². The van der Waals surface area contributed by atoms with Crippen LogP contribution in [0.15, 0.2) is 34.1 Å². The van der Waals surface area contributed by atoms with Crippen LogP contribution in [-0.4, -0.2) is 16.8 Å². The van der Waals surface area contributed by atoms with E-state index in [1.165, 1.54) is 0 Å². The van der Waals surface area contributed by atoms with Gasteiger partial charge in [-0.05, 0) is 18.2 Å². The van der Waals surface area contributed by atoms with Gasteiger partial charge in [0.1, 0.15) is 0 Å². The lowest BCUT2D eigenvalue weighted by Crippen LogP contribution is -1.96. The van der Waals surface area contributed by atoms with Crippen molar-refractivity contribution in [2.45, 2.75) is 9.79 Å². The Morgan fingerprint density at radius 3 is 2.00 bits per heavy atom. The summed E-state index contributed by atoms with van der Waals surface area (Å²) in [6.07, 6.45) is 0. The van der Waals surface area contributed by atoms with Crippen LogP contribution in [0.25, 0.3) is 0 Å². The Morgan fingerprint density at radius 1 is 1.07 bits per heavy atom. The van der Waals surface area contributed by atoms with Gasteiger partial charge < -0.3 is 0 Å². The molecule has 1 aromatic carbocycles. The maximum absolute atomic E-state index is 12.4. The summed E-state index contributed by atoms with van der Waals surface area (Å²) in [5, 5.41) is 0. The van der Waals surface area contributed by atoms with E-state index in [4.69, 9.17) is 10.7 Å². The molecular formula is C6H4ClFO4S2. The molecular weight excluding hydrogens is 255 g/mol. The Hall–Kier alpha value is -0.660. The topological polar surface area (TPSA) is 68.3 Å². The summed E-state index contributed by atoms with van der Waals surface area (Å²) in [4.78, 5) is -1.20. The van der Waals surface area contributed by atoms with E-state index < -0.39 is 29.1 Å². The van der Waals surface area contributed by atoms with Gasteiger partial charge in [-0.2, -0.15) is 8.42 Å². The molecule has 0 unspecified atom stereocenters. The molecule has 78 valence electrons. The molecule has 0 aliphatic rings. The van der Waals surface area contributed by atoms with E-state index in [-0.39, 0.29) is 0 Å². The largest absolute Gasteiger partial charge is 0.332 e. The van der Waals surface area contributed by atoms with Crippen molar-refractivity contribution in [3.63, 3.8) is 0 Å². The molecule has 0 saturated carbocycles.